The number of hydrogen-bond acceptors (Lipinski definition) is 4. The molecule has 1 aromatic rings. The maximum absolute atomic E-state index is 12.0. The molecule has 0 fully saturated rings. The Kier molecular flexibility index (Phi) is 6.39. The second kappa shape index (κ2) is 7.81. The monoisotopic (exact) mass is 296 g/mol. The Balaban J connectivity index is 2.51. The number of amides is 1. The first-order valence-corrected chi connectivity index (χ1v) is 7.19. The van der Waals surface area contributed by atoms with E-state index < -0.39 is 5.97 Å². The standard InChI is InChI=1S/C15H24N2O4/c1-9(2)5-12(6-15(19)20)8-16-14(18)7-13-10(3)17-21-11(13)4/h9,12H,5-8H2,1-4H3,(H,16,18)(H,19,20)/t12-/m0/s1. The van der Waals surface area contributed by atoms with Crippen molar-refractivity contribution in [2.75, 3.05) is 6.54 Å². The average Bonchev–Trinajstić information content (AvgIpc) is 2.66. The van der Waals surface area contributed by atoms with E-state index >= 15 is 0 Å². The van der Waals surface area contributed by atoms with Crippen LogP contribution in [-0.2, 0) is 16.0 Å². The van der Waals surface area contributed by atoms with E-state index in [1.54, 1.807) is 13.8 Å². The summed E-state index contributed by atoms with van der Waals surface area (Å²) in [7, 11) is 0. The van der Waals surface area contributed by atoms with Gasteiger partial charge in [-0.15, -0.1) is 0 Å². The zero-order valence-electron chi connectivity index (χ0n) is 13.1. The number of aryl methyl sites for hydroxylation is 2. The largest absolute Gasteiger partial charge is 0.481 e. The Hall–Kier alpha value is -1.85. The normalized spacial score (nSPS) is 12.4. The van der Waals surface area contributed by atoms with Crippen LogP contribution in [0.15, 0.2) is 4.52 Å². The molecule has 118 valence electrons. The predicted molar refractivity (Wildman–Crippen MR) is 77.9 cm³/mol. The number of carboxylic acids is 1. The molecular weight excluding hydrogens is 272 g/mol. The van der Waals surface area contributed by atoms with Crippen LogP contribution in [-0.4, -0.2) is 28.7 Å². The van der Waals surface area contributed by atoms with E-state index in [2.05, 4.69) is 10.5 Å². The van der Waals surface area contributed by atoms with Gasteiger partial charge in [-0.2, -0.15) is 0 Å². The van der Waals surface area contributed by atoms with Crippen molar-refractivity contribution < 1.29 is 19.2 Å². The third-order valence-electron chi connectivity index (χ3n) is 3.37. The number of carbonyl (C=O) groups excluding carboxylic acids is 1. The lowest BCUT2D eigenvalue weighted by atomic mass is 9.94. The summed E-state index contributed by atoms with van der Waals surface area (Å²) in [6.45, 7) is 8.04. The van der Waals surface area contributed by atoms with Gasteiger partial charge in [0.1, 0.15) is 5.76 Å². The van der Waals surface area contributed by atoms with Gasteiger partial charge in [-0.3, -0.25) is 9.59 Å². The quantitative estimate of drug-likeness (QED) is 0.766. The lowest BCUT2D eigenvalue weighted by Gasteiger charge is -2.17. The smallest absolute Gasteiger partial charge is 0.303 e. The highest BCUT2D eigenvalue weighted by Crippen LogP contribution is 2.16. The van der Waals surface area contributed by atoms with Crippen molar-refractivity contribution in [1.82, 2.24) is 10.5 Å². The summed E-state index contributed by atoms with van der Waals surface area (Å²) >= 11 is 0. The molecule has 0 aliphatic carbocycles. The highest BCUT2D eigenvalue weighted by atomic mass is 16.5. The summed E-state index contributed by atoms with van der Waals surface area (Å²) < 4.78 is 5.02. The summed E-state index contributed by atoms with van der Waals surface area (Å²) in [4.78, 5) is 22.8. The molecule has 0 unspecified atom stereocenters. The number of hydrogen-bond donors (Lipinski definition) is 2. The zero-order valence-corrected chi connectivity index (χ0v) is 13.1. The fourth-order valence-electron chi connectivity index (χ4n) is 2.39. The lowest BCUT2D eigenvalue weighted by Crippen LogP contribution is -2.32. The van der Waals surface area contributed by atoms with Gasteiger partial charge in [-0.05, 0) is 32.1 Å². The molecule has 2 N–H and O–H groups in total. The van der Waals surface area contributed by atoms with Gasteiger partial charge in [0.15, 0.2) is 0 Å². The number of nitrogens with zero attached hydrogens (tertiary/aromatic N) is 1. The molecule has 21 heavy (non-hydrogen) atoms. The van der Waals surface area contributed by atoms with Crippen LogP contribution in [0.3, 0.4) is 0 Å². The maximum Gasteiger partial charge on any atom is 0.303 e. The van der Waals surface area contributed by atoms with Gasteiger partial charge in [-0.25, -0.2) is 0 Å². The molecule has 6 heteroatoms. The topological polar surface area (TPSA) is 92.4 Å². The van der Waals surface area contributed by atoms with Crippen LogP contribution < -0.4 is 5.32 Å². The molecular formula is C15H24N2O4. The molecule has 6 nitrogen and oxygen atoms in total. The summed E-state index contributed by atoms with van der Waals surface area (Å²) in [6, 6.07) is 0. The summed E-state index contributed by atoms with van der Waals surface area (Å²) in [6.07, 6.45) is 1.06. The number of aromatic nitrogens is 1. The van der Waals surface area contributed by atoms with E-state index in [-0.39, 0.29) is 24.7 Å². The number of rotatable bonds is 8. The molecule has 0 saturated carbocycles. The van der Waals surface area contributed by atoms with Crippen LogP contribution in [0.1, 0.15) is 43.7 Å². The van der Waals surface area contributed by atoms with Crippen molar-refractivity contribution in [2.45, 2.75) is 47.0 Å². The maximum atomic E-state index is 12.0. The minimum absolute atomic E-state index is 0.0453. The van der Waals surface area contributed by atoms with Gasteiger partial charge in [0.05, 0.1) is 12.1 Å². The van der Waals surface area contributed by atoms with Crippen molar-refractivity contribution in [3.8, 4) is 0 Å². The molecule has 0 bridgehead atoms. The fraction of sp³-hybridized carbons (Fsp3) is 0.667. The molecule has 0 aliphatic rings. The first-order valence-electron chi connectivity index (χ1n) is 7.19. The molecule has 1 atom stereocenters. The van der Waals surface area contributed by atoms with Crippen molar-refractivity contribution >= 4 is 11.9 Å². The predicted octanol–water partition coefficient (Wildman–Crippen LogP) is 2.09. The third kappa shape index (κ3) is 5.97. The van der Waals surface area contributed by atoms with Gasteiger partial charge in [-0.1, -0.05) is 19.0 Å². The average molecular weight is 296 g/mol. The molecule has 0 aliphatic heterocycles. The first-order chi connectivity index (χ1) is 9.79. The van der Waals surface area contributed by atoms with Crippen LogP contribution in [0.2, 0.25) is 0 Å². The summed E-state index contributed by atoms with van der Waals surface area (Å²) in [5.41, 5.74) is 1.51. The van der Waals surface area contributed by atoms with Crippen LogP contribution in [0.25, 0.3) is 0 Å². The Morgan fingerprint density at radius 1 is 1.33 bits per heavy atom. The van der Waals surface area contributed by atoms with Gasteiger partial charge >= 0.3 is 5.97 Å². The van der Waals surface area contributed by atoms with Gasteiger partial charge < -0.3 is 14.9 Å². The van der Waals surface area contributed by atoms with E-state index in [0.717, 1.165) is 12.0 Å². The molecule has 1 heterocycles. The van der Waals surface area contributed by atoms with E-state index in [1.165, 1.54) is 0 Å². The third-order valence-corrected chi connectivity index (χ3v) is 3.37. The number of nitrogens with one attached hydrogen (secondary N) is 1. The molecule has 1 amide bonds. The number of carbonyl (C=O) groups is 2. The minimum Gasteiger partial charge on any atom is -0.481 e. The molecule has 1 aromatic heterocycles. The fourth-order valence-corrected chi connectivity index (χ4v) is 2.39. The van der Waals surface area contributed by atoms with E-state index in [4.69, 9.17) is 9.63 Å². The molecule has 0 aromatic carbocycles. The van der Waals surface area contributed by atoms with Crippen molar-refractivity contribution in [2.24, 2.45) is 11.8 Å². The van der Waals surface area contributed by atoms with Crippen LogP contribution in [0, 0.1) is 25.7 Å². The Bertz CT molecular complexity index is 474. The number of aliphatic carboxylic acids is 1. The van der Waals surface area contributed by atoms with E-state index in [1.807, 2.05) is 13.8 Å². The molecule has 0 radical (unpaired) electrons. The van der Waals surface area contributed by atoms with Crippen molar-refractivity contribution in [3.05, 3.63) is 17.0 Å². The molecule has 1 rings (SSSR count). The van der Waals surface area contributed by atoms with Gasteiger partial charge in [0.25, 0.3) is 0 Å². The minimum atomic E-state index is -0.833. The first kappa shape index (κ1) is 17.2. The molecule has 0 spiro atoms. The van der Waals surface area contributed by atoms with Gasteiger partial charge in [0, 0.05) is 18.5 Å². The second-order valence-corrected chi connectivity index (χ2v) is 5.88. The number of carboxylic acid groups (broad SMARTS) is 1. The van der Waals surface area contributed by atoms with Crippen LogP contribution >= 0.6 is 0 Å². The Labute approximate surface area is 124 Å². The Morgan fingerprint density at radius 2 is 2.00 bits per heavy atom. The SMILES string of the molecule is Cc1noc(C)c1CC(=O)NC[C@H](CC(=O)O)CC(C)C. The van der Waals surface area contributed by atoms with Crippen molar-refractivity contribution in [1.29, 1.82) is 0 Å². The zero-order chi connectivity index (χ0) is 16.0. The lowest BCUT2D eigenvalue weighted by molar-refractivity contribution is -0.138. The van der Waals surface area contributed by atoms with E-state index in [9.17, 15) is 9.59 Å². The highest BCUT2D eigenvalue weighted by Gasteiger charge is 2.18. The summed E-state index contributed by atoms with van der Waals surface area (Å²) in [5.74, 6) is 0.0287. The second-order valence-electron chi connectivity index (χ2n) is 5.88. The van der Waals surface area contributed by atoms with E-state index in [0.29, 0.717) is 23.9 Å². The molecule has 0 saturated heterocycles. The highest BCUT2D eigenvalue weighted by molar-refractivity contribution is 5.79. The van der Waals surface area contributed by atoms with Gasteiger partial charge in [0.2, 0.25) is 5.91 Å². The Morgan fingerprint density at radius 3 is 2.48 bits per heavy atom. The van der Waals surface area contributed by atoms with Crippen LogP contribution in [0.4, 0.5) is 0 Å². The van der Waals surface area contributed by atoms with Crippen molar-refractivity contribution in [3.63, 3.8) is 0 Å². The summed E-state index contributed by atoms with van der Waals surface area (Å²) in [5, 5.41) is 15.5. The van der Waals surface area contributed by atoms with Crippen LogP contribution in [0.5, 0.6) is 0 Å².